The molecule has 0 aromatic carbocycles. The molecule has 0 radical (unpaired) electrons. The standard InChI is InChI=1S/C24H42O21/c25-1-5-9(28)13(32)15(34)22(41-5)39-4-8-12(31)19(17(36)21(38)40-8)44-24-18(37)20(11(30)7(3-27)43-24)45-23-16(35)14(33)10(29)6(2-26)42-23/h5-38H,1-4H2/t5-,6-,7-,8-,9+,10+,11+,12+,13+,14+,15-,16-,17-,18-,19+,20+,21?,22-,23+,24+/m1/s1. The van der Waals surface area contributed by atoms with Gasteiger partial charge in [-0.25, -0.2) is 0 Å². The molecule has 4 heterocycles. The molecule has 1 unspecified atom stereocenters. The first-order valence-electron chi connectivity index (χ1n) is 14.1. The van der Waals surface area contributed by atoms with Crippen molar-refractivity contribution < 1.29 is 105 Å². The molecule has 0 spiro atoms. The molecule has 264 valence electrons. The monoisotopic (exact) mass is 666 g/mol. The second kappa shape index (κ2) is 15.6. The zero-order valence-electron chi connectivity index (χ0n) is 23.5. The molecule has 45 heavy (non-hydrogen) atoms. The Morgan fingerprint density at radius 3 is 1.29 bits per heavy atom. The van der Waals surface area contributed by atoms with Crippen LogP contribution in [0.4, 0.5) is 0 Å². The van der Waals surface area contributed by atoms with Crippen LogP contribution >= 0.6 is 0 Å². The van der Waals surface area contributed by atoms with Gasteiger partial charge in [-0.15, -0.1) is 0 Å². The Balaban J connectivity index is 1.45. The van der Waals surface area contributed by atoms with Crippen LogP contribution in [0, 0.1) is 0 Å². The molecule has 0 amide bonds. The second-order valence-corrected chi connectivity index (χ2v) is 11.2. The highest BCUT2D eigenvalue weighted by Crippen LogP contribution is 2.33. The minimum Gasteiger partial charge on any atom is -0.394 e. The largest absolute Gasteiger partial charge is 0.394 e. The van der Waals surface area contributed by atoms with E-state index in [9.17, 15) is 71.5 Å². The van der Waals surface area contributed by atoms with Crippen molar-refractivity contribution in [3.63, 3.8) is 0 Å². The van der Waals surface area contributed by atoms with Gasteiger partial charge in [0.2, 0.25) is 0 Å². The summed E-state index contributed by atoms with van der Waals surface area (Å²) in [7, 11) is 0. The summed E-state index contributed by atoms with van der Waals surface area (Å²) in [5.41, 5.74) is 0. The average molecular weight is 667 g/mol. The Bertz CT molecular complexity index is 914. The van der Waals surface area contributed by atoms with Crippen LogP contribution in [0.1, 0.15) is 0 Å². The second-order valence-electron chi connectivity index (χ2n) is 11.2. The zero-order chi connectivity index (χ0) is 33.3. The van der Waals surface area contributed by atoms with E-state index in [4.69, 9.17) is 33.2 Å². The molecule has 0 aliphatic carbocycles. The number of ether oxygens (including phenoxy) is 7. The van der Waals surface area contributed by atoms with E-state index in [2.05, 4.69) is 0 Å². The van der Waals surface area contributed by atoms with Crippen LogP contribution < -0.4 is 0 Å². The van der Waals surface area contributed by atoms with Crippen LogP contribution in [0.15, 0.2) is 0 Å². The molecular weight excluding hydrogens is 624 g/mol. The van der Waals surface area contributed by atoms with Gasteiger partial charge in [0.1, 0.15) is 97.7 Å². The molecule has 0 aromatic rings. The fourth-order valence-electron chi connectivity index (χ4n) is 5.43. The molecule has 21 nitrogen and oxygen atoms in total. The molecule has 21 heteroatoms. The van der Waals surface area contributed by atoms with Gasteiger partial charge in [0.15, 0.2) is 25.2 Å². The SMILES string of the molecule is OC[C@H]1O[C@@H](OC[C@H]2OC(O)[C@H](O)[C@@H](O[C@@H]3O[C@H](CO)[C@H](O)[C@H](O[C@@H]4O[C@H](CO)[C@H](O)[C@H](O)[C@H]4O)[C@H]3O)[C@H]2O)[C@H](O)[C@@H](O)[C@H]1O. The van der Waals surface area contributed by atoms with Crippen molar-refractivity contribution in [1.29, 1.82) is 0 Å². The van der Waals surface area contributed by atoms with E-state index in [1.807, 2.05) is 0 Å². The molecule has 4 fully saturated rings. The fourth-order valence-corrected chi connectivity index (χ4v) is 5.43. The van der Waals surface area contributed by atoms with Gasteiger partial charge >= 0.3 is 0 Å². The lowest BCUT2D eigenvalue weighted by Gasteiger charge is -2.48. The van der Waals surface area contributed by atoms with Crippen molar-refractivity contribution in [2.75, 3.05) is 26.4 Å². The molecule has 0 aromatic heterocycles. The van der Waals surface area contributed by atoms with Gasteiger partial charge in [-0.2, -0.15) is 0 Å². The summed E-state index contributed by atoms with van der Waals surface area (Å²) in [6, 6.07) is 0. The van der Waals surface area contributed by atoms with Crippen LogP contribution in [0.3, 0.4) is 0 Å². The smallest absolute Gasteiger partial charge is 0.187 e. The highest BCUT2D eigenvalue weighted by Gasteiger charge is 2.54. The molecule has 14 N–H and O–H groups in total. The molecular formula is C24H42O21. The first kappa shape index (κ1) is 37.0. The maximum absolute atomic E-state index is 11.0. The lowest BCUT2D eigenvalue weighted by molar-refractivity contribution is -0.381. The predicted molar refractivity (Wildman–Crippen MR) is 134 cm³/mol. The summed E-state index contributed by atoms with van der Waals surface area (Å²) in [4.78, 5) is 0. The van der Waals surface area contributed by atoms with Gasteiger partial charge in [0.25, 0.3) is 0 Å². The summed E-state index contributed by atoms with van der Waals surface area (Å²) in [5.74, 6) is 0. The van der Waals surface area contributed by atoms with E-state index in [-0.39, 0.29) is 0 Å². The van der Waals surface area contributed by atoms with Gasteiger partial charge in [-0.1, -0.05) is 0 Å². The average Bonchev–Trinajstić information content (AvgIpc) is 3.02. The molecule has 0 bridgehead atoms. The highest BCUT2D eigenvalue weighted by molar-refractivity contribution is 4.97. The molecule has 4 saturated heterocycles. The third kappa shape index (κ3) is 7.59. The molecule has 4 rings (SSSR count). The van der Waals surface area contributed by atoms with Crippen LogP contribution in [0.5, 0.6) is 0 Å². The summed E-state index contributed by atoms with van der Waals surface area (Å²) in [6.07, 6.45) is -35.4. The van der Waals surface area contributed by atoms with Gasteiger partial charge in [0, 0.05) is 0 Å². The molecule has 4 aliphatic heterocycles. The van der Waals surface area contributed by atoms with Gasteiger partial charge in [-0.05, 0) is 0 Å². The van der Waals surface area contributed by atoms with Crippen molar-refractivity contribution >= 4 is 0 Å². The van der Waals surface area contributed by atoms with Crippen molar-refractivity contribution in [3.8, 4) is 0 Å². The third-order valence-corrected chi connectivity index (χ3v) is 8.19. The number of hydrogen-bond donors (Lipinski definition) is 14. The molecule has 20 atom stereocenters. The number of hydrogen-bond acceptors (Lipinski definition) is 21. The highest BCUT2D eigenvalue weighted by atomic mass is 16.8. The molecule has 0 saturated carbocycles. The Morgan fingerprint density at radius 1 is 0.378 bits per heavy atom. The van der Waals surface area contributed by atoms with Crippen molar-refractivity contribution in [2.24, 2.45) is 0 Å². The van der Waals surface area contributed by atoms with E-state index in [0.29, 0.717) is 0 Å². The van der Waals surface area contributed by atoms with Gasteiger partial charge in [-0.3, -0.25) is 0 Å². The fraction of sp³-hybridized carbons (Fsp3) is 1.00. The van der Waals surface area contributed by atoms with E-state index in [1.165, 1.54) is 0 Å². The Labute approximate surface area is 254 Å². The third-order valence-electron chi connectivity index (χ3n) is 8.19. The minimum absolute atomic E-state index is 0.692. The summed E-state index contributed by atoms with van der Waals surface area (Å²) in [5, 5.41) is 142. The maximum Gasteiger partial charge on any atom is 0.187 e. The quantitative estimate of drug-likeness (QED) is 0.103. The van der Waals surface area contributed by atoms with Crippen LogP contribution in [0.2, 0.25) is 0 Å². The van der Waals surface area contributed by atoms with Crippen molar-refractivity contribution in [3.05, 3.63) is 0 Å². The van der Waals surface area contributed by atoms with Crippen LogP contribution in [-0.4, -0.2) is 221 Å². The summed E-state index contributed by atoms with van der Waals surface area (Å²) < 4.78 is 37.4. The zero-order valence-corrected chi connectivity index (χ0v) is 23.5. The Morgan fingerprint density at radius 2 is 0.778 bits per heavy atom. The van der Waals surface area contributed by atoms with Crippen molar-refractivity contribution in [2.45, 2.75) is 123 Å². The van der Waals surface area contributed by atoms with E-state index >= 15 is 0 Å². The number of aliphatic hydroxyl groups excluding tert-OH is 14. The van der Waals surface area contributed by atoms with E-state index in [1.54, 1.807) is 0 Å². The number of rotatable bonds is 10. The lowest BCUT2D eigenvalue weighted by atomic mass is 9.96. The normalized spacial score (nSPS) is 52.9. The Hall–Kier alpha value is -0.840. The first-order valence-corrected chi connectivity index (χ1v) is 14.1. The summed E-state index contributed by atoms with van der Waals surface area (Å²) >= 11 is 0. The van der Waals surface area contributed by atoms with Crippen LogP contribution in [-0.2, 0) is 33.2 Å². The predicted octanol–water partition coefficient (Wildman–Crippen LogP) is -9.75. The summed E-state index contributed by atoms with van der Waals surface area (Å²) in [6.45, 7) is -3.14. The van der Waals surface area contributed by atoms with E-state index in [0.717, 1.165) is 0 Å². The van der Waals surface area contributed by atoms with Gasteiger partial charge < -0.3 is 105 Å². The van der Waals surface area contributed by atoms with E-state index < -0.39 is 149 Å². The van der Waals surface area contributed by atoms with Gasteiger partial charge in [0.05, 0.1) is 26.4 Å². The lowest BCUT2D eigenvalue weighted by Crippen LogP contribution is -2.67. The minimum atomic E-state index is -2.04. The molecule has 4 aliphatic rings. The first-order chi connectivity index (χ1) is 21.2. The number of aliphatic hydroxyl groups is 14. The van der Waals surface area contributed by atoms with Crippen molar-refractivity contribution in [1.82, 2.24) is 0 Å². The Kier molecular flexibility index (Phi) is 12.8. The topological polar surface area (TPSA) is 348 Å². The van der Waals surface area contributed by atoms with Crippen LogP contribution in [0.25, 0.3) is 0 Å². The maximum atomic E-state index is 11.0.